The molecule has 1 aliphatic heterocycles. The number of hydrogen-bond donors (Lipinski definition) is 1. The van der Waals surface area contributed by atoms with Crippen LogP contribution in [0.2, 0.25) is 0 Å². The molecule has 1 fully saturated rings. The number of rotatable bonds is 5. The summed E-state index contributed by atoms with van der Waals surface area (Å²) >= 11 is 0. The van der Waals surface area contributed by atoms with Gasteiger partial charge in [0.25, 0.3) is 0 Å². The first-order valence-electron chi connectivity index (χ1n) is 8.23. The molecule has 1 aromatic rings. The molecule has 0 bridgehead atoms. The van der Waals surface area contributed by atoms with Crippen LogP contribution in [-0.4, -0.2) is 38.0 Å². The van der Waals surface area contributed by atoms with Gasteiger partial charge in [0.2, 0.25) is 15.9 Å². The standard InChI is InChI=1S/C17H26N2O3S/c1-4-13-8-6-9-14(5-2)16(13)18-17(20)15-10-7-11-19(12-15)23(3,21)22/h6,8-9,15H,4-5,7,10-12H2,1-3H3,(H,18,20)/t15-/m1/s1. The van der Waals surface area contributed by atoms with Crippen LogP contribution in [0.5, 0.6) is 0 Å². The maximum Gasteiger partial charge on any atom is 0.228 e. The van der Waals surface area contributed by atoms with Crippen LogP contribution in [0.1, 0.15) is 37.8 Å². The Kier molecular flexibility index (Phi) is 5.81. The highest BCUT2D eigenvalue weighted by Gasteiger charge is 2.30. The van der Waals surface area contributed by atoms with E-state index in [4.69, 9.17) is 0 Å². The van der Waals surface area contributed by atoms with Crippen molar-refractivity contribution >= 4 is 21.6 Å². The molecule has 1 amide bonds. The Balaban J connectivity index is 2.16. The predicted molar refractivity (Wildman–Crippen MR) is 93.0 cm³/mol. The molecule has 1 N–H and O–H groups in total. The van der Waals surface area contributed by atoms with Crippen molar-refractivity contribution in [3.05, 3.63) is 29.3 Å². The van der Waals surface area contributed by atoms with E-state index < -0.39 is 10.0 Å². The number of carbonyl (C=O) groups is 1. The molecule has 1 atom stereocenters. The lowest BCUT2D eigenvalue weighted by Crippen LogP contribution is -2.43. The predicted octanol–water partition coefficient (Wildman–Crippen LogP) is 2.42. The molecule has 6 heteroatoms. The van der Waals surface area contributed by atoms with E-state index in [0.717, 1.165) is 42.5 Å². The number of benzene rings is 1. The van der Waals surface area contributed by atoms with Crippen LogP contribution in [0.25, 0.3) is 0 Å². The first kappa shape index (κ1) is 17.9. The maximum atomic E-state index is 12.6. The minimum atomic E-state index is -3.24. The summed E-state index contributed by atoms with van der Waals surface area (Å²) in [6.07, 6.45) is 4.36. The fraction of sp³-hybridized carbons (Fsp3) is 0.588. The Hall–Kier alpha value is -1.40. The third kappa shape index (κ3) is 4.32. The summed E-state index contributed by atoms with van der Waals surface area (Å²) in [6, 6.07) is 6.07. The topological polar surface area (TPSA) is 66.5 Å². The number of hydrogen-bond acceptors (Lipinski definition) is 3. The van der Waals surface area contributed by atoms with Crippen molar-refractivity contribution in [2.45, 2.75) is 39.5 Å². The monoisotopic (exact) mass is 338 g/mol. The lowest BCUT2D eigenvalue weighted by Gasteiger charge is -2.30. The first-order valence-corrected chi connectivity index (χ1v) is 10.1. The fourth-order valence-electron chi connectivity index (χ4n) is 3.09. The van der Waals surface area contributed by atoms with Crippen LogP contribution in [0.3, 0.4) is 0 Å². The Morgan fingerprint density at radius 2 is 1.87 bits per heavy atom. The van der Waals surface area contributed by atoms with Crippen molar-refractivity contribution in [1.29, 1.82) is 0 Å². The number of nitrogens with zero attached hydrogens (tertiary/aromatic N) is 1. The Morgan fingerprint density at radius 3 is 2.39 bits per heavy atom. The average Bonchev–Trinajstić information content (AvgIpc) is 2.54. The number of anilines is 1. The average molecular weight is 338 g/mol. The zero-order valence-corrected chi connectivity index (χ0v) is 14.9. The molecule has 23 heavy (non-hydrogen) atoms. The number of para-hydroxylation sites is 1. The molecule has 0 unspecified atom stereocenters. The molecule has 1 heterocycles. The zero-order chi connectivity index (χ0) is 17.0. The van der Waals surface area contributed by atoms with Crippen LogP contribution in [-0.2, 0) is 27.7 Å². The summed E-state index contributed by atoms with van der Waals surface area (Å²) in [5, 5.41) is 3.06. The van der Waals surface area contributed by atoms with Gasteiger partial charge in [-0.2, -0.15) is 0 Å². The van der Waals surface area contributed by atoms with Gasteiger partial charge in [0.05, 0.1) is 12.2 Å². The molecular formula is C17H26N2O3S. The highest BCUT2D eigenvalue weighted by molar-refractivity contribution is 7.88. The molecule has 1 saturated heterocycles. The van der Waals surface area contributed by atoms with Gasteiger partial charge >= 0.3 is 0 Å². The normalized spacial score (nSPS) is 19.5. The number of carbonyl (C=O) groups excluding carboxylic acids is 1. The fourth-order valence-corrected chi connectivity index (χ4v) is 4.00. The summed E-state index contributed by atoms with van der Waals surface area (Å²) in [4.78, 5) is 12.6. The molecule has 0 spiro atoms. The van der Waals surface area contributed by atoms with Crippen molar-refractivity contribution in [2.24, 2.45) is 5.92 Å². The second-order valence-electron chi connectivity index (χ2n) is 6.11. The summed E-state index contributed by atoms with van der Waals surface area (Å²) in [6.45, 7) is 4.92. The number of sulfonamides is 1. The summed E-state index contributed by atoms with van der Waals surface area (Å²) in [5.74, 6) is -0.359. The van der Waals surface area contributed by atoms with Crippen molar-refractivity contribution in [1.82, 2.24) is 4.31 Å². The SMILES string of the molecule is CCc1cccc(CC)c1NC(=O)[C@@H]1CCCN(S(C)(=O)=O)C1. The van der Waals surface area contributed by atoms with Gasteiger partial charge in [-0.05, 0) is 36.8 Å². The van der Waals surface area contributed by atoms with Crippen molar-refractivity contribution in [2.75, 3.05) is 24.7 Å². The van der Waals surface area contributed by atoms with E-state index >= 15 is 0 Å². The summed E-state index contributed by atoms with van der Waals surface area (Å²) in [5.41, 5.74) is 3.14. The number of nitrogens with one attached hydrogen (secondary N) is 1. The van der Waals surface area contributed by atoms with Crippen molar-refractivity contribution < 1.29 is 13.2 Å². The molecule has 0 radical (unpaired) electrons. The highest BCUT2D eigenvalue weighted by Crippen LogP contribution is 2.25. The minimum Gasteiger partial charge on any atom is -0.325 e. The molecule has 0 aliphatic carbocycles. The molecular weight excluding hydrogens is 312 g/mol. The van der Waals surface area contributed by atoms with Crippen LogP contribution in [0.15, 0.2) is 18.2 Å². The van der Waals surface area contributed by atoms with E-state index in [1.807, 2.05) is 18.2 Å². The third-order valence-corrected chi connectivity index (χ3v) is 5.74. The molecule has 5 nitrogen and oxygen atoms in total. The zero-order valence-electron chi connectivity index (χ0n) is 14.1. The summed E-state index contributed by atoms with van der Waals surface area (Å²) < 4.78 is 24.8. The van der Waals surface area contributed by atoms with Gasteiger partial charge in [0, 0.05) is 18.8 Å². The lowest BCUT2D eigenvalue weighted by molar-refractivity contribution is -0.120. The van der Waals surface area contributed by atoms with Crippen LogP contribution in [0.4, 0.5) is 5.69 Å². The largest absolute Gasteiger partial charge is 0.325 e. The summed E-state index contributed by atoms with van der Waals surface area (Å²) in [7, 11) is -3.24. The molecule has 1 aromatic carbocycles. The lowest BCUT2D eigenvalue weighted by atomic mass is 9.97. The highest BCUT2D eigenvalue weighted by atomic mass is 32.2. The molecule has 0 aromatic heterocycles. The van der Waals surface area contributed by atoms with Crippen molar-refractivity contribution in [3.8, 4) is 0 Å². The number of aryl methyl sites for hydroxylation is 2. The van der Waals surface area contributed by atoms with Gasteiger partial charge in [-0.1, -0.05) is 32.0 Å². The van der Waals surface area contributed by atoms with Crippen LogP contribution < -0.4 is 5.32 Å². The molecule has 2 rings (SSSR count). The van der Waals surface area contributed by atoms with Crippen LogP contribution >= 0.6 is 0 Å². The van der Waals surface area contributed by atoms with E-state index in [9.17, 15) is 13.2 Å². The van der Waals surface area contributed by atoms with Gasteiger partial charge in [0.15, 0.2) is 0 Å². The number of piperidine rings is 1. The van der Waals surface area contributed by atoms with E-state index in [1.54, 1.807) is 0 Å². The second kappa shape index (κ2) is 7.45. The van der Waals surface area contributed by atoms with E-state index in [0.29, 0.717) is 6.54 Å². The third-order valence-electron chi connectivity index (χ3n) is 4.47. The Bertz CT molecular complexity index is 648. The van der Waals surface area contributed by atoms with Gasteiger partial charge in [-0.3, -0.25) is 4.79 Å². The van der Waals surface area contributed by atoms with Crippen molar-refractivity contribution in [3.63, 3.8) is 0 Å². The Labute approximate surface area is 139 Å². The first-order chi connectivity index (χ1) is 10.9. The van der Waals surface area contributed by atoms with Gasteiger partial charge in [0.1, 0.15) is 0 Å². The smallest absolute Gasteiger partial charge is 0.228 e. The molecule has 1 aliphatic rings. The van der Waals surface area contributed by atoms with E-state index in [-0.39, 0.29) is 18.4 Å². The van der Waals surface area contributed by atoms with Gasteiger partial charge in [-0.25, -0.2) is 12.7 Å². The second-order valence-corrected chi connectivity index (χ2v) is 8.09. The van der Waals surface area contributed by atoms with E-state index in [2.05, 4.69) is 19.2 Å². The van der Waals surface area contributed by atoms with Gasteiger partial charge < -0.3 is 5.32 Å². The molecule has 0 saturated carbocycles. The molecule has 128 valence electrons. The van der Waals surface area contributed by atoms with Gasteiger partial charge in [-0.15, -0.1) is 0 Å². The minimum absolute atomic E-state index is 0.0750. The Morgan fingerprint density at radius 1 is 1.26 bits per heavy atom. The number of amides is 1. The maximum absolute atomic E-state index is 12.6. The quantitative estimate of drug-likeness (QED) is 0.896. The van der Waals surface area contributed by atoms with Crippen LogP contribution in [0, 0.1) is 5.92 Å². The van der Waals surface area contributed by atoms with E-state index in [1.165, 1.54) is 10.6 Å².